The van der Waals surface area contributed by atoms with Crippen LogP contribution in [-0.2, 0) is 22.2 Å². The number of imidazole rings is 1. The van der Waals surface area contributed by atoms with Crippen molar-refractivity contribution in [3.8, 4) is 0 Å². The first-order valence-electron chi connectivity index (χ1n) is 10.6. The number of rotatable bonds is 7. The van der Waals surface area contributed by atoms with Crippen molar-refractivity contribution in [1.82, 2.24) is 25.3 Å². The number of amides is 2. The fourth-order valence-electron chi connectivity index (χ4n) is 3.40. The lowest BCUT2D eigenvalue weighted by molar-refractivity contribution is -0.137. The van der Waals surface area contributed by atoms with E-state index in [0.29, 0.717) is 35.5 Å². The second-order valence-corrected chi connectivity index (χ2v) is 7.62. The topological polar surface area (TPSA) is 134 Å². The van der Waals surface area contributed by atoms with Gasteiger partial charge in [-0.2, -0.15) is 13.2 Å². The maximum Gasteiger partial charge on any atom is 0.416 e. The normalized spacial score (nSPS) is 13.8. The first-order chi connectivity index (χ1) is 16.7. The Kier molecular flexibility index (Phi) is 6.49. The van der Waals surface area contributed by atoms with E-state index in [-0.39, 0.29) is 41.7 Å². The number of oxime groups is 1. The molecular weight excluding hydrogens is 467 g/mol. The van der Waals surface area contributed by atoms with E-state index in [0.717, 1.165) is 12.1 Å². The molecule has 0 atom stereocenters. The van der Waals surface area contributed by atoms with Crippen LogP contribution in [0.15, 0.2) is 42.0 Å². The third-order valence-electron chi connectivity index (χ3n) is 5.17. The van der Waals surface area contributed by atoms with Gasteiger partial charge in [-0.05, 0) is 31.0 Å². The lowest BCUT2D eigenvalue weighted by Crippen LogP contribution is -2.30. The molecule has 1 aromatic carbocycles. The van der Waals surface area contributed by atoms with Crippen LogP contribution in [0.3, 0.4) is 0 Å². The molecule has 182 valence electrons. The van der Waals surface area contributed by atoms with Crippen molar-refractivity contribution in [3.05, 3.63) is 59.5 Å². The molecule has 1 aliphatic heterocycles. The summed E-state index contributed by atoms with van der Waals surface area (Å²) in [4.78, 5) is 44.5. The molecule has 0 saturated carbocycles. The van der Waals surface area contributed by atoms with Crippen LogP contribution in [0.25, 0.3) is 11.0 Å². The number of H-pyrrole nitrogens is 1. The summed E-state index contributed by atoms with van der Waals surface area (Å²) in [7, 11) is 0. The predicted octanol–water partition coefficient (Wildman–Crippen LogP) is 3.33. The Bertz CT molecular complexity index is 1350. The van der Waals surface area contributed by atoms with Gasteiger partial charge in [-0.1, -0.05) is 18.7 Å². The smallest absolute Gasteiger partial charge is 0.360 e. The van der Waals surface area contributed by atoms with Crippen molar-refractivity contribution in [3.63, 3.8) is 0 Å². The van der Waals surface area contributed by atoms with Gasteiger partial charge >= 0.3 is 6.18 Å². The highest BCUT2D eigenvalue weighted by Crippen LogP contribution is 2.31. The van der Waals surface area contributed by atoms with Gasteiger partial charge in [-0.25, -0.2) is 15.0 Å². The number of alkyl halides is 3. The van der Waals surface area contributed by atoms with Crippen LogP contribution >= 0.6 is 0 Å². The molecule has 2 amide bonds. The van der Waals surface area contributed by atoms with E-state index in [1.807, 2.05) is 0 Å². The molecule has 3 aromatic rings. The minimum atomic E-state index is -4.47. The number of nitrogens with one attached hydrogen (secondary N) is 3. The SMILES string of the molecule is C=C(CNC(=O)c1ncnc2c1CCC(=O)N2)O/N=C(\CC)c1nc2ccc(C(F)(F)F)cc2[nH]1. The minimum Gasteiger partial charge on any atom is -0.360 e. The molecule has 3 N–H and O–H groups in total. The van der Waals surface area contributed by atoms with Gasteiger partial charge in [0.1, 0.15) is 29.3 Å². The number of benzene rings is 1. The third kappa shape index (κ3) is 5.28. The molecule has 13 heteroatoms. The number of fused-ring (bicyclic) bond motifs is 2. The highest BCUT2D eigenvalue weighted by atomic mass is 19.4. The van der Waals surface area contributed by atoms with Gasteiger partial charge in [0.05, 0.1) is 23.1 Å². The van der Waals surface area contributed by atoms with E-state index < -0.39 is 17.6 Å². The van der Waals surface area contributed by atoms with E-state index in [1.54, 1.807) is 6.92 Å². The summed E-state index contributed by atoms with van der Waals surface area (Å²) in [5, 5.41) is 9.20. The van der Waals surface area contributed by atoms with Crippen molar-refractivity contribution >= 4 is 34.4 Å². The molecule has 0 unspecified atom stereocenters. The highest BCUT2D eigenvalue weighted by molar-refractivity contribution is 6.00. The average Bonchev–Trinajstić information content (AvgIpc) is 3.25. The monoisotopic (exact) mass is 487 g/mol. The summed E-state index contributed by atoms with van der Waals surface area (Å²) >= 11 is 0. The van der Waals surface area contributed by atoms with Gasteiger partial charge in [0.2, 0.25) is 5.91 Å². The van der Waals surface area contributed by atoms with Gasteiger partial charge in [0.15, 0.2) is 5.82 Å². The fraction of sp³-hybridized carbons (Fsp3) is 0.273. The largest absolute Gasteiger partial charge is 0.416 e. The Morgan fingerprint density at radius 2 is 2.09 bits per heavy atom. The van der Waals surface area contributed by atoms with Gasteiger partial charge in [-0.3, -0.25) is 9.59 Å². The molecule has 2 aromatic heterocycles. The highest BCUT2D eigenvalue weighted by Gasteiger charge is 2.31. The van der Waals surface area contributed by atoms with Crippen LogP contribution in [-0.4, -0.2) is 44.0 Å². The molecule has 3 heterocycles. The molecule has 0 spiro atoms. The van der Waals surface area contributed by atoms with Crippen molar-refractivity contribution in [2.45, 2.75) is 32.4 Å². The molecule has 35 heavy (non-hydrogen) atoms. The summed E-state index contributed by atoms with van der Waals surface area (Å²) in [5.41, 5.74) is 0.809. The average molecular weight is 487 g/mol. The molecular formula is C22H20F3N7O3. The number of aromatic amines is 1. The number of carbonyl (C=O) groups excluding carboxylic acids is 2. The standard InChI is InChI=1S/C22H20F3N7O3/c1-3-14(20-29-15-6-4-12(22(23,24)25)8-16(15)30-20)32-35-11(2)9-26-21(34)18-13-5-7-17(33)31-19(13)28-10-27-18/h4,6,8,10H,2-3,5,7,9H2,1H3,(H,26,34)(H,29,30)(H,27,28,31,33)/b32-14+. The number of nitrogens with zero attached hydrogens (tertiary/aromatic N) is 4. The quantitative estimate of drug-likeness (QED) is 0.266. The Hall–Kier alpha value is -4.29. The van der Waals surface area contributed by atoms with E-state index in [1.165, 1.54) is 12.4 Å². The van der Waals surface area contributed by atoms with Gasteiger partial charge in [0, 0.05) is 12.0 Å². The summed E-state index contributed by atoms with van der Waals surface area (Å²) in [6.45, 7) is 5.40. The lowest BCUT2D eigenvalue weighted by atomic mass is 10.0. The summed E-state index contributed by atoms with van der Waals surface area (Å²) in [5.74, 6) is -0.00710. The van der Waals surface area contributed by atoms with E-state index in [2.05, 4.69) is 42.3 Å². The van der Waals surface area contributed by atoms with Crippen molar-refractivity contribution < 1.29 is 27.6 Å². The Balaban J connectivity index is 1.40. The second kappa shape index (κ2) is 9.52. The number of hydrogen-bond donors (Lipinski definition) is 3. The van der Waals surface area contributed by atoms with E-state index in [9.17, 15) is 22.8 Å². The Morgan fingerprint density at radius 3 is 2.83 bits per heavy atom. The van der Waals surface area contributed by atoms with Crippen molar-refractivity contribution in [2.75, 3.05) is 11.9 Å². The van der Waals surface area contributed by atoms with Crippen molar-refractivity contribution in [2.24, 2.45) is 5.16 Å². The number of anilines is 1. The van der Waals surface area contributed by atoms with Crippen LogP contribution in [0, 0.1) is 0 Å². The summed E-state index contributed by atoms with van der Waals surface area (Å²) < 4.78 is 38.9. The molecule has 0 bridgehead atoms. The van der Waals surface area contributed by atoms with Crippen LogP contribution in [0.4, 0.5) is 19.0 Å². The Morgan fingerprint density at radius 1 is 1.29 bits per heavy atom. The first kappa shape index (κ1) is 23.9. The first-order valence-corrected chi connectivity index (χ1v) is 10.6. The van der Waals surface area contributed by atoms with Crippen LogP contribution in [0.5, 0.6) is 0 Å². The van der Waals surface area contributed by atoms with Gasteiger partial charge in [0.25, 0.3) is 5.91 Å². The molecule has 0 radical (unpaired) electrons. The zero-order valence-electron chi connectivity index (χ0n) is 18.5. The lowest BCUT2D eigenvalue weighted by Gasteiger charge is -2.17. The third-order valence-corrected chi connectivity index (χ3v) is 5.17. The second-order valence-electron chi connectivity index (χ2n) is 7.62. The van der Waals surface area contributed by atoms with E-state index >= 15 is 0 Å². The molecule has 0 saturated heterocycles. The van der Waals surface area contributed by atoms with Crippen molar-refractivity contribution in [1.29, 1.82) is 0 Å². The molecule has 10 nitrogen and oxygen atoms in total. The Labute approximate surface area is 196 Å². The maximum absolute atomic E-state index is 13.0. The minimum absolute atomic E-state index is 0.0838. The molecule has 0 fully saturated rings. The maximum atomic E-state index is 13.0. The number of aromatic nitrogens is 4. The zero-order valence-corrected chi connectivity index (χ0v) is 18.5. The van der Waals surface area contributed by atoms with Crippen LogP contribution in [0.2, 0.25) is 0 Å². The van der Waals surface area contributed by atoms with Crippen LogP contribution < -0.4 is 10.6 Å². The zero-order chi connectivity index (χ0) is 25.2. The molecule has 4 rings (SSSR count). The van der Waals surface area contributed by atoms with Crippen LogP contribution in [0.1, 0.15) is 47.2 Å². The van der Waals surface area contributed by atoms with E-state index in [4.69, 9.17) is 4.84 Å². The summed E-state index contributed by atoms with van der Waals surface area (Å²) in [6.07, 6.45) is -2.35. The summed E-state index contributed by atoms with van der Waals surface area (Å²) in [6, 6.07) is 3.21. The molecule has 0 aliphatic carbocycles. The van der Waals surface area contributed by atoms with Gasteiger partial charge in [-0.15, -0.1) is 0 Å². The number of halogens is 3. The predicted molar refractivity (Wildman–Crippen MR) is 119 cm³/mol. The number of hydrogen-bond acceptors (Lipinski definition) is 7. The molecule has 1 aliphatic rings. The fourth-order valence-corrected chi connectivity index (χ4v) is 3.40. The number of carbonyl (C=O) groups is 2. The van der Waals surface area contributed by atoms with Gasteiger partial charge < -0.3 is 20.5 Å².